The molecule has 294 valence electrons. The van der Waals surface area contributed by atoms with Crippen molar-refractivity contribution in [1.82, 2.24) is 31.9 Å². The van der Waals surface area contributed by atoms with Crippen LogP contribution in [-0.2, 0) is 49.5 Å². The van der Waals surface area contributed by atoms with Gasteiger partial charge in [-0.2, -0.15) is 0 Å². The SMILES string of the molecule is C[C@@H](O)[C@@H]1NC(=O)[C@H](Cc2ccc(O)cc2)NC(=O)[C@H](CC(N)=O)NC(=O)[C@H]([C@@H](C)O)NC(=O)[C@H]([C@@H](C)O)NC(=O)[C@@H](CC(=O)OC(C)(C)C)NC1=O. The minimum Gasteiger partial charge on any atom is -0.508 e. The van der Waals surface area contributed by atoms with Gasteiger partial charge in [0.15, 0.2) is 0 Å². The molecule has 0 aromatic heterocycles. The number of benzene rings is 1. The van der Waals surface area contributed by atoms with E-state index in [2.05, 4.69) is 31.9 Å². The van der Waals surface area contributed by atoms with Crippen molar-refractivity contribution in [1.29, 1.82) is 0 Å². The highest BCUT2D eigenvalue weighted by Crippen LogP contribution is 2.14. The number of phenolic OH excluding ortho intramolecular Hbond substituents is 1. The summed E-state index contributed by atoms with van der Waals surface area (Å²) in [6, 6.07) is -5.36. The third-order valence-corrected chi connectivity index (χ3v) is 7.66. The van der Waals surface area contributed by atoms with Crippen LogP contribution in [0.5, 0.6) is 5.75 Å². The molecule has 0 radical (unpaired) electrons. The van der Waals surface area contributed by atoms with Crippen molar-refractivity contribution >= 4 is 47.3 Å². The summed E-state index contributed by atoms with van der Waals surface area (Å²) in [4.78, 5) is 106. The molecule has 0 aliphatic carbocycles. The van der Waals surface area contributed by atoms with Gasteiger partial charge >= 0.3 is 5.97 Å². The number of aliphatic hydroxyl groups is 3. The zero-order chi connectivity index (χ0) is 40.4. The molecular weight excluding hydrogens is 702 g/mol. The molecule has 12 N–H and O–H groups in total. The van der Waals surface area contributed by atoms with Crippen LogP contribution in [0.1, 0.15) is 59.9 Å². The number of primary amides is 1. The first-order valence-electron chi connectivity index (χ1n) is 16.6. The summed E-state index contributed by atoms with van der Waals surface area (Å²) in [6.45, 7) is 7.93. The average Bonchev–Trinajstić information content (AvgIpc) is 3.02. The summed E-state index contributed by atoms with van der Waals surface area (Å²) >= 11 is 0. The van der Waals surface area contributed by atoms with E-state index in [1.165, 1.54) is 24.3 Å². The largest absolute Gasteiger partial charge is 0.508 e. The molecule has 53 heavy (non-hydrogen) atoms. The summed E-state index contributed by atoms with van der Waals surface area (Å²) in [5.41, 5.74) is 4.66. The van der Waals surface area contributed by atoms with Gasteiger partial charge in [0.05, 0.1) is 31.2 Å². The van der Waals surface area contributed by atoms with Gasteiger partial charge in [-0.25, -0.2) is 0 Å². The molecule has 7 amide bonds. The highest BCUT2D eigenvalue weighted by molar-refractivity contribution is 6.00. The number of hydrogen-bond donors (Lipinski definition) is 11. The molecule has 1 saturated heterocycles. The van der Waals surface area contributed by atoms with Crippen LogP contribution in [0.3, 0.4) is 0 Å². The third kappa shape index (κ3) is 14.0. The van der Waals surface area contributed by atoms with Crippen molar-refractivity contribution in [2.24, 2.45) is 5.73 Å². The monoisotopic (exact) mass is 751 g/mol. The second-order valence-electron chi connectivity index (χ2n) is 13.7. The van der Waals surface area contributed by atoms with Crippen LogP contribution >= 0.6 is 0 Å². The molecule has 20 nitrogen and oxygen atoms in total. The Bertz CT molecular complexity index is 1530. The topological polar surface area (TPSA) is 325 Å². The molecule has 9 atom stereocenters. The van der Waals surface area contributed by atoms with Gasteiger partial charge in [0.25, 0.3) is 0 Å². The van der Waals surface area contributed by atoms with Gasteiger partial charge in [-0.05, 0) is 59.2 Å². The number of hydrogen-bond acceptors (Lipinski definition) is 13. The second kappa shape index (κ2) is 18.9. The van der Waals surface area contributed by atoms with Crippen molar-refractivity contribution in [3.63, 3.8) is 0 Å². The zero-order valence-corrected chi connectivity index (χ0v) is 30.2. The predicted molar refractivity (Wildman–Crippen MR) is 183 cm³/mol. The number of rotatable bonds is 9. The first-order valence-corrected chi connectivity index (χ1v) is 16.6. The maximum atomic E-state index is 13.7. The Balaban J connectivity index is 2.71. The Morgan fingerprint density at radius 2 is 1.00 bits per heavy atom. The zero-order valence-electron chi connectivity index (χ0n) is 30.2. The molecule has 0 saturated carbocycles. The number of ether oxygens (including phenoxy) is 1. The van der Waals surface area contributed by atoms with Crippen LogP contribution in [0, 0.1) is 0 Å². The number of nitrogens with two attached hydrogens (primary N) is 1. The molecule has 1 aliphatic rings. The number of aromatic hydroxyl groups is 1. The van der Waals surface area contributed by atoms with E-state index < -0.39 is 120 Å². The summed E-state index contributed by atoms with van der Waals surface area (Å²) in [6.07, 6.45) is -6.96. The van der Waals surface area contributed by atoms with E-state index in [4.69, 9.17) is 10.5 Å². The summed E-state index contributed by atoms with van der Waals surface area (Å²) < 4.78 is 5.27. The van der Waals surface area contributed by atoms with Crippen LogP contribution in [0.25, 0.3) is 0 Å². The number of phenols is 1. The normalized spacial score (nSPS) is 25.8. The fourth-order valence-electron chi connectivity index (χ4n) is 5.01. The number of carbonyl (C=O) groups excluding carboxylic acids is 8. The van der Waals surface area contributed by atoms with Crippen molar-refractivity contribution in [2.75, 3.05) is 0 Å². The van der Waals surface area contributed by atoms with Crippen LogP contribution in [0.15, 0.2) is 24.3 Å². The summed E-state index contributed by atoms with van der Waals surface area (Å²) in [5.74, 6) is -9.24. The fraction of sp³-hybridized carbons (Fsp3) is 0.576. The Kier molecular flexibility index (Phi) is 15.7. The average molecular weight is 752 g/mol. The number of carbonyl (C=O) groups is 8. The molecule has 0 bridgehead atoms. The number of nitrogens with one attached hydrogen (secondary N) is 6. The molecule has 1 aromatic rings. The van der Waals surface area contributed by atoms with Gasteiger partial charge in [-0.3, -0.25) is 38.4 Å². The minimum atomic E-state index is -1.87. The summed E-state index contributed by atoms with van der Waals surface area (Å²) in [7, 11) is 0. The van der Waals surface area contributed by atoms with Crippen molar-refractivity contribution in [3.8, 4) is 5.75 Å². The highest BCUT2D eigenvalue weighted by atomic mass is 16.6. The lowest BCUT2D eigenvalue weighted by atomic mass is 10.0. The third-order valence-electron chi connectivity index (χ3n) is 7.66. The number of amides is 7. The van der Waals surface area contributed by atoms with Crippen LogP contribution in [0.4, 0.5) is 0 Å². The molecule has 1 aliphatic heterocycles. The lowest BCUT2D eigenvalue weighted by Crippen LogP contribution is -2.65. The molecule has 1 aromatic carbocycles. The first-order chi connectivity index (χ1) is 24.5. The minimum absolute atomic E-state index is 0.119. The molecular formula is C33H49N7O13. The first kappa shape index (κ1) is 43.8. The smallest absolute Gasteiger partial charge is 0.308 e. The maximum absolute atomic E-state index is 13.7. The molecule has 2 rings (SSSR count). The molecule has 0 spiro atoms. The number of aliphatic hydroxyl groups excluding tert-OH is 3. The maximum Gasteiger partial charge on any atom is 0.308 e. The Labute approximate surface area is 305 Å². The van der Waals surface area contributed by atoms with E-state index in [0.29, 0.717) is 5.56 Å². The van der Waals surface area contributed by atoms with E-state index >= 15 is 0 Å². The van der Waals surface area contributed by atoms with E-state index in [0.717, 1.165) is 20.8 Å². The Hall–Kier alpha value is -5.34. The van der Waals surface area contributed by atoms with Gasteiger partial charge in [0.1, 0.15) is 47.6 Å². The lowest BCUT2D eigenvalue weighted by Gasteiger charge is -2.30. The van der Waals surface area contributed by atoms with E-state index in [1.54, 1.807) is 20.8 Å². The molecule has 1 fully saturated rings. The fourth-order valence-corrected chi connectivity index (χ4v) is 5.01. The van der Waals surface area contributed by atoms with Crippen molar-refractivity contribution < 1.29 is 63.5 Å². The van der Waals surface area contributed by atoms with Gasteiger partial charge in [-0.15, -0.1) is 0 Å². The quantitative estimate of drug-likeness (QED) is 0.106. The van der Waals surface area contributed by atoms with Crippen molar-refractivity contribution in [2.45, 2.75) is 121 Å². The van der Waals surface area contributed by atoms with Gasteiger partial charge in [0, 0.05) is 6.42 Å². The molecule has 1 heterocycles. The lowest BCUT2D eigenvalue weighted by molar-refractivity contribution is -0.157. The van der Waals surface area contributed by atoms with Crippen molar-refractivity contribution in [3.05, 3.63) is 29.8 Å². The molecule has 20 heteroatoms. The summed E-state index contributed by atoms with van der Waals surface area (Å²) in [5, 5.41) is 54.6. The van der Waals surface area contributed by atoms with Gasteiger partial charge in [-0.1, -0.05) is 12.1 Å². The van der Waals surface area contributed by atoms with Crippen LogP contribution in [0.2, 0.25) is 0 Å². The Morgan fingerprint density at radius 1 is 0.642 bits per heavy atom. The standard InChI is InChI=1S/C33H49N7O13/c1-14(41)24-30(50)37-21(13-23(46)53-33(4,5)6)29(49)39-26(16(3)43)32(52)40-25(15(2)42)31(51)36-20(12-22(34)45)27(47)35-19(28(48)38-24)11-17-7-9-18(44)10-8-17/h7-10,14-16,19-21,24-26,41-44H,11-13H2,1-6H3,(H2,34,45)(H,35,47)(H,36,51)(H,37,50)(H,38,48)(H,39,49)(H,40,52)/t14-,15-,16-,19+,20+,21-,24+,25+,26+/m1/s1. The van der Waals surface area contributed by atoms with E-state index in [1.807, 2.05) is 0 Å². The van der Waals surface area contributed by atoms with Crippen LogP contribution in [-0.4, -0.2) is 128 Å². The highest BCUT2D eigenvalue weighted by Gasteiger charge is 2.39. The van der Waals surface area contributed by atoms with Gasteiger partial charge in [0.2, 0.25) is 41.4 Å². The second-order valence-corrected chi connectivity index (χ2v) is 13.7. The molecule has 0 unspecified atom stereocenters. The van der Waals surface area contributed by atoms with Crippen LogP contribution < -0.4 is 37.6 Å². The van der Waals surface area contributed by atoms with E-state index in [9.17, 15) is 58.8 Å². The predicted octanol–water partition coefficient (Wildman–Crippen LogP) is -4.39. The van der Waals surface area contributed by atoms with Gasteiger partial charge < -0.3 is 62.8 Å². The number of esters is 1. The Morgan fingerprint density at radius 3 is 1.42 bits per heavy atom. The van der Waals surface area contributed by atoms with E-state index in [-0.39, 0.29) is 12.2 Å².